The van der Waals surface area contributed by atoms with Crippen molar-refractivity contribution in [1.82, 2.24) is 0 Å². The Kier molecular flexibility index (Phi) is 3.14. The molecule has 0 aliphatic carbocycles. The summed E-state index contributed by atoms with van der Waals surface area (Å²) in [6.45, 7) is 8.73. The predicted octanol–water partition coefficient (Wildman–Crippen LogP) is 2.93. The minimum Gasteiger partial charge on any atom is -0.396 e. The minimum atomic E-state index is 0.0122. The number of rotatable bonds is 3. The average molecular weight is 198 g/mol. The van der Waals surface area contributed by atoms with Crippen LogP contribution < -0.4 is 0 Å². The van der Waals surface area contributed by atoms with Crippen molar-refractivity contribution in [3.63, 3.8) is 0 Å². The summed E-state index contributed by atoms with van der Waals surface area (Å²) < 4.78 is 0. The lowest BCUT2D eigenvalue weighted by molar-refractivity contribution is 0.159. The van der Waals surface area contributed by atoms with E-state index in [0.717, 1.165) is 6.42 Å². The zero-order chi connectivity index (χ0) is 10.1. The Morgan fingerprint density at radius 3 is 2.38 bits per heavy atom. The van der Waals surface area contributed by atoms with Crippen molar-refractivity contribution in [2.45, 2.75) is 34.1 Å². The van der Waals surface area contributed by atoms with Crippen molar-refractivity contribution in [2.24, 2.45) is 5.41 Å². The fourth-order valence-electron chi connectivity index (χ4n) is 1.43. The van der Waals surface area contributed by atoms with E-state index in [9.17, 15) is 0 Å². The summed E-state index contributed by atoms with van der Waals surface area (Å²) in [6, 6.07) is 2.23. The summed E-state index contributed by atoms with van der Waals surface area (Å²) in [5, 5.41) is 9.16. The van der Waals surface area contributed by atoms with Crippen molar-refractivity contribution < 1.29 is 5.11 Å². The van der Waals surface area contributed by atoms with E-state index >= 15 is 0 Å². The van der Waals surface area contributed by atoms with Crippen LogP contribution in [0.2, 0.25) is 0 Å². The van der Waals surface area contributed by atoms with Crippen molar-refractivity contribution in [1.29, 1.82) is 0 Å². The number of hydrogen-bond donors (Lipinski definition) is 1. The molecule has 0 bridgehead atoms. The average Bonchev–Trinajstić information content (AvgIpc) is 2.30. The first-order chi connectivity index (χ1) is 5.94. The Labute approximate surface area is 84.4 Å². The maximum Gasteiger partial charge on any atom is 0.0485 e. The van der Waals surface area contributed by atoms with Gasteiger partial charge in [0.15, 0.2) is 0 Å². The zero-order valence-corrected chi connectivity index (χ0v) is 9.66. The lowest BCUT2D eigenvalue weighted by Crippen LogP contribution is -2.19. The van der Waals surface area contributed by atoms with Crippen LogP contribution >= 0.6 is 11.3 Å². The smallest absolute Gasteiger partial charge is 0.0485 e. The highest BCUT2D eigenvalue weighted by Crippen LogP contribution is 2.27. The zero-order valence-electron chi connectivity index (χ0n) is 8.85. The first-order valence-corrected chi connectivity index (χ1v) is 5.43. The quantitative estimate of drug-likeness (QED) is 0.791. The van der Waals surface area contributed by atoms with Gasteiger partial charge in [0.05, 0.1) is 0 Å². The lowest BCUT2D eigenvalue weighted by atomic mass is 9.87. The van der Waals surface area contributed by atoms with E-state index in [1.54, 1.807) is 0 Å². The standard InChI is InChI=1S/C11H18OS/c1-8-5-10(9(2)13-8)6-11(3,4)7-12/h5,12H,6-7H2,1-4H3. The van der Waals surface area contributed by atoms with Gasteiger partial charge in [-0.2, -0.15) is 0 Å². The second-order valence-electron chi connectivity index (χ2n) is 4.44. The summed E-state index contributed by atoms with van der Waals surface area (Å²) in [5.74, 6) is 0. The molecule has 0 aromatic carbocycles. The molecular weight excluding hydrogens is 180 g/mol. The van der Waals surface area contributed by atoms with Gasteiger partial charge in [-0.1, -0.05) is 13.8 Å². The van der Waals surface area contributed by atoms with Gasteiger partial charge in [-0.25, -0.2) is 0 Å². The largest absolute Gasteiger partial charge is 0.396 e. The van der Waals surface area contributed by atoms with Crippen LogP contribution in [0.25, 0.3) is 0 Å². The van der Waals surface area contributed by atoms with E-state index in [-0.39, 0.29) is 12.0 Å². The summed E-state index contributed by atoms with van der Waals surface area (Å²) in [5.41, 5.74) is 1.40. The van der Waals surface area contributed by atoms with Crippen molar-refractivity contribution >= 4 is 11.3 Å². The highest BCUT2D eigenvalue weighted by molar-refractivity contribution is 7.12. The molecule has 1 rings (SSSR count). The summed E-state index contributed by atoms with van der Waals surface area (Å²) in [4.78, 5) is 2.75. The van der Waals surface area contributed by atoms with Crippen LogP contribution in [-0.2, 0) is 6.42 Å². The molecule has 1 aromatic heterocycles. The topological polar surface area (TPSA) is 20.2 Å². The molecule has 1 N–H and O–H groups in total. The molecule has 0 saturated heterocycles. The molecule has 0 aliphatic heterocycles. The van der Waals surface area contributed by atoms with E-state index < -0.39 is 0 Å². The van der Waals surface area contributed by atoms with Gasteiger partial charge in [-0.05, 0) is 37.3 Å². The maximum atomic E-state index is 9.16. The Morgan fingerprint density at radius 2 is 2.00 bits per heavy atom. The molecule has 0 atom stereocenters. The highest BCUT2D eigenvalue weighted by atomic mass is 32.1. The van der Waals surface area contributed by atoms with E-state index in [0.29, 0.717) is 0 Å². The van der Waals surface area contributed by atoms with Gasteiger partial charge in [0.25, 0.3) is 0 Å². The number of aliphatic hydroxyl groups excluding tert-OH is 1. The summed E-state index contributed by atoms with van der Waals surface area (Å²) in [6.07, 6.45) is 0.972. The maximum absolute atomic E-state index is 9.16. The molecule has 2 heteroatoms. The second-order valence-corrected chi connectivity index (χ2v) is 5.90. The molecule has 1 aromatic rings. The van der Waals surface area contributed by atoms with Crippen LogP contribution in [0.4, 0.5) is 0 Å². The summed E-state index contributed by atoms with van der Waals surface area (Å²) >= 11 is 1.84. The van der Waals surface area contributed by atoms with Crippen LogP contribution in [-0.4, -0.2) is 11.7 Å². The Bertz CT molecular complexity index is 286. The molecule has 0 saturated carbocycles. The van der Waals surface area contributed by atoms with Crippen molar-refractivity contribution in [2.75, 3.05) is 6.61 Å². The normalized spacial score (nSPS) is 12.1. The number of aryl methyl sites for hydroxylation is 2. The van der Waals surface area contributed by atoms with Gasteiger partial charge in [0, 0.05) is 16.4 Å². The molecule has 0 amide bonds. The van der Waals surface area contributed by atoms with E-state index in [1.165, 1.54) is 15.3 Å². The van der Waals surface area contributed by atoms with Crippen LogP contribution in [0.5, 0.6) is 0 Å². The van der Waals surface area contributed by atoms with Gasteiger partial charge >= 0.3 is 0 Å². The van der Waals surface area contributed by atoms with E-state index in [4.69, 9.17) is 5.11 Å². The van der Waals surface area contributed by atoms with Gasteiger partial charge in [0.1, 0.15) is 0 Å². The third-order valence-electron chi connectivity index (χ3n) is 2.24. The van der Waals surface area contributed by atoms with Crippen LogP contribution in [0.1, 0.15) is 29.2 Å². The fraction of sp³-hybridized carbons (Fsp3) is 0.636. The minimum absolute atomic E-state index is 0.0122. The molecule has 0 spiro atoms. The fourth-order valence-corrected chi connectivity index (χ4v) is 2.38. The SMILES string of the molecule is Cc1cc(CC(C)(C)CO)c(C)s1. The molecule has 1 heterocycles. The lowest BCUT2D eigenvalue weighted by Gasteiger charge is -2.21. The Hall–Kier alpha value is -0.340. The number of hydrogen-bond acceptors (Lipinski definition) is 2. The number of aliphatic hydroxyl groups is 1. The van der Waals surface area contributed by atoms with Crippen molar-refractivity contribution in [3.05, 3.63) is 21.4 Å². The van der Waals surface area contributed by atoms with Gasteiger partial charge in [-0.15, -0.1) is 11.3 Å². The van der Waals surface area contributed by atoms with Gasteiger partial charge in [-0.3, -0.25) is 0 Å². The van der Waals surface area contributed by atoms with Crippen LogP contribution in [0, 0.1) is 19.3 Å². The van der Waals surface area contributed by atoms with E-state index in [2.05, 4.69) is 33.8 Å². The first kappa shape index (κ1) is 10.7. The Balaban J connectivity index is 2.79. The third-order valence-corrected chi connectivity index (χ3v) is 3.25. The van der Waals surface area contributed by atoms with Gasteiger partial charge in [0.2, 0.25) is 0 Å². The third kappa shape index (κ3) is 2.82. The second kappa shape index (κ2) is 3.81. The molecule has 0 fully saturated rings. The monoisotopic (exact) mass is 198 g/mol. The van der Waals surface area contributed by atoms with Crippen LogP contribution in [0.15, 0.2) is 6.07 Å². The molecular formula is C11H18OS. The first-order valence-electron chi connectivity index (χ1n) is 4.61. The number of thiophene rings is 1. The summed E-state index contributed by atoms with van der Waals surface area (Å²) in [7, 11) is 0. The molecule has 1 nitrogen and oxygen atoms in total. The van der Waals surface area contributed by atoms with Crippen LogP contribution in [0.3, 0.4) is 0 Å². The molecule has 13 heavy (non-hydrogen) atoms. The van der Waals surface area contributed by atoms with Crippen molar-refractivity contribution in [3.8, 4) is 0 Å². The molecule has 0 aliphatic rings. The molecule has 0 radical (unpaired) electrons. The highest BCUT2D eigenvalue weighted by Gasteiger charge is 2.18. The predicted molar refractivity (Wildman–Crippen MR) is 58.4 cm³/mol. The van der Waals surface area contributed by atoms with Gasteiger partial charge < -0.3 is 5.11 Å². The molecule has 74 valence electrons. The Morgan fingerprint density at radius 1 is 1.38 bits per heavy atom. The molecule has 0 unspecified atom stereocenters. The van der Waals surface area contributed by atoms with E-state index in [1.807, 2.05) is 11.3 Å².